The highest BCUT2D eigenvalue weighted by Crippen LogP contribution is 2.36. The summed E-state index contributed by atoms with van der Waals surface area (Å²) in [5.74, 6) is 0.770. The second-order valence-electron chi connectivity index (χ2n) is 10.9. The molecule has 1 aliphatic heterocycles. The van der Waals surface area contributed by atoms with Crippen LogP contribution in [-0.4, -0.2) is 48.6 Å². The van der Waals surface area contributed by atoms with Gasteiger partial charge in [0.15, 0.2) is 0 Å². The Hall–Kier alpha value is -4.69. The molecule has 7 nitrogen and oxygen atoms in total. The maximum atomic E-state index is 13.9. The lowest BCUT2D eigenvalue weighted by molar-refractivity contribution is 0.0511. The minimum atomic E-state index is -0.423. The molecule has 0 saturated carbocycles. The van der Waals surface area contributed by atoms with Gasteiger partial charge in [-0.25, -0.2) is 4.79 Å². The fraction of sp³-hybridized carbons (Fsp3) is 0.250. The molecular weight excluding hydrogens is 570 g/mol. The standard InChI is InChI=1S/C36H35N3O4S/c1-42-29-14-12-25(13-15-29)18-21-43-36(41)31-24-44-34-32(37-22-26-8-4-2-5-9-26)30(23-38-33(31)34)35(40)39-19-16-28(17-20-39)27-10-6-3-7-11-27/h2-15,23-24,28H,16-22H2,1H3,(H,37,38). The summed E-state index contributed by atoms with van der Waals surface area (Å²) in [6.07, 6.45) is 4.05. The molecule has 0 atom stereocenters. The van der Waals surface area contributed by atoms with E-state index in [0.717, 1.165) is 34.4 Å². The smallest absolute Gasteiger partial charge is 0.341 e. The molecule has 1 aliphatic rings. The van der Waals surface area contributed by atoms with Crippen LogP contribution in [0.3, 0.4) is 0 Å². The zero-order valence-electron chi connectivity index (χ0n) is 24.7. The second-order valence-corrected chi connectivity index (χ2v) is 11.8. The number of pyridine rings is 1. The SMILES string of the molecule is COc1ccc(CCOC(=O)c2csc3c(NCc4ccccc4)c(C(=O)N4CCC(c5ccccc5)CC4)cnc23)cc1. The Labute approximate surface area is 261 Å². The van der Waals surface area contributed by atoms with Gasteiger partial charge in [-0.15, -0.1) is 11.3 Å². The van der Waals surface area contributed by atoms with Gasteiger partial charge in [-0.2, -0.15) is 0 Å². The van der Waals surface area contributed by atoms with Gasteiger partial charge in [0.2, 0.25) is 0 Å². The van der Waals surface area contributed by atoms with Gasteiger partial charge in [0.25, 0.3) is 5.91 Å². The second kappa shape index (κ2) is 13.7. The number of nitrogens with one attached hydrogen (secondary N) is 1. The number of aromatic nitrogens is 1. The van der Waals surface area contributed by atoms with Crippen LogP contribution >= 0.6 is 11.3 Å². The van der Waals surface area contributed by atoms with Gasteiger partial charge in [-0.05, 0) is 47.6 Å². The fourth-order valence-electron chi connectivity index (χ4n) is 5.69. The highest BCUT2D eigenvalue weighted by atomic mass is 32.1. The average molecular weight is 606 g/mol. The van der Waals surface area contributed by atoms with Crippen LogP contribution in [0.15, 0.2) is 96.5 Å². The van der Waals surface area contributed by atoms with Gasteiger partial charge in [-0.1, -0.05) is 72.8 Å². The van der Waals surface area contributed by atoms with E-state index in [1.807, 2.05) is 65.6 Å². The van der Waals surface area contributed by atoms with E-state index in [2.05, 4.69) is 34.6 Å². The van der Waals surface area contributed by atoms with Crippen molar-refractivity contribution in [2.75, 3.05) is 32.1 Å². The van der Waals surface area contributed by atoms with Crippen molar-refractivity contribution in [2.24, 2.45) is 0 Å². The van der Waals surface area contributed by atoms with Crippen LogP contribution in [0.5, 0.6) is 5.75 Å². The van der Waals surface area contributed by atoms with E-state index in [1.54, 1.807) is 18.7 Å². The van der Waals surface area contributed by atoms with Crippen LogP contribution in [-0.2, 0) is 17.7 Å². The predicted molar refractivity (Wildman–Crippen MR) is 175 cm³/mol. The molecule has 0 spiro atoms. The molecule has 0 aliphatic carbocycles. The number of rotatable bonds is 10. The van der Waals surface area contributed by atoms with Crippen LogP contribution in [0.1, 0.15) is 56.2 Å². The number of benzene rings is 3. The summed E-state index contributed by atoms with van der Waals surface area (Å²) >= 11 is 1.40. The van der Waals surface area contributed by atoms with Gasteiger partial charge in [0, 0.05) is 37.6 Å². The van der Waals surface area contributed by atoms with Crippen LogP contribution in [0, 0.1) is 0 Å². The molecular formula is C36H35N3O4S. The number of amides is 1. The summed E-state index contributed by atoms with van der Waals surface area (Å²) < 4.78 is 11.6. The lowest BCUT2D eigenvalue weighted by atomic mass is 9.89. The van der Waals surface area contributed by atoms with Gasteiger partial charge < -0.3 is 19.7 Å². The van der Waals surface area contributed by atoms with Crippen LogP contribution in [0.2, 0.25) is 0 Å². The van der Waals surface area contributed by atoms with Crippen LogP contribution in [0.4, 0.5) is 5.69 Å². The van der Waals surface area contributed by atoms with Gasteiger partial charge >= 0.3 is 5.97 Å². The number of fused-ring (bicyclic) bond motifs is 1. The Bertz CT molecular complexity index is 1710. The molecule has 3 heterocycles. The molecule has 0 bridgehead atoms. The number of esters is 1. The third kappa shape index (κ3) is 6.60. The molecule has 8 heteroatoms. The lowest BCUT2D eigenvalue weighted by Gasteiger charge is -2.32. The number of anilines is 1. The predicted octanol–water partition coefficient (Wildman–Crippen LogP) is 7.34. The van der Waals surface area contributed by atoms with E-state index in [9.17, 15) is 9.59 Å². The van der Waals surface area contributed by atoms with E-state index in [4.69, 9.17) is 9.47 Å². The molecule has 1 fully saturated rings. The minimum absolute atomic E-state index is 0.0431. The maximum absolute atomic E-state index is 13.9. The number of thiophene rings is 1. The van der Waals surface area contributed by atoms with E-state index in [-0.39, 0.29) is 12.5 Å². The average Bonchev–Trinajstić information content (AvgIpc) is 3.53. The molecule has 44 heavy (non-hydrogen) atoms. The highest BCUT2D eigenvalue weighted by molar-refractivity contribution is 7.18. The van der Waals surface area contributed by atoms with Crippen LogP contribution in [0.25, 0.3) is 10.2 Å². The number of piperidine rings is 1. The summed E-state index contributed by atoms with van der Waals surface area (Å²) in [5.41, 5.74) is 5.65. The van der Waals surface area contributed by atoms with Crippen molar-refractivity contribution in [2.45, 2.75) is 31.7 Å². The zero-order valence-corrected chi connectivity index (χ0v) is 25.5. The normalized spacial score (nSPS) is 13.5. The minimum Gasteiger partial charge on any atom is -0.497 e. The zero-order chi connectivity index (χ0) is 30.3. The van der Waals surface area contributed by atoms with E-state index in [1.165, 1.54) is 16.9 Å². The molecule has 6 rings (SSSR count). The number of nitrogens with zero attached hydrogens (tertiary/aromatic N) is 2. The van der Waals surface area contributed by atoms with Crippen molar-refractivity contribution in [3.8, 4) is 5.75 Å². The van der Waals surface area contributed by atoms with E-state index in [0.29, 0.717) is 54.3 Å². The number of likely N-dealkylation sites (tertiary alicyclic amines) is 1. The fourth-order valence-corrected chi connectivity index (χ4v) is 6.70. The third-order valence-corrected chi connectivity index (χ3v) is 9.17. The Morgan fingerprint density at radius 1 is 0.909 bits per heavy atom. The first kappa shape index (κ1) is 29.4. The summed E-state index contributed by atoms with van der Waals surface area (Å²) in [7, 11) is 1.63. The molecule has 0 unspecified atom stereocenters. The molecule has 1 amide bonds. The summed E-state index contributed by atoms with van der Waals surface area (Å²) in [5, 5.41) is 5.29. The largest absolute Gasteiger partial charge is 0.497 e. The lowest BCUT2D eigenvalue weighted by Crippen LogP contribution is -2.38. The van der Waals surface area contributed by atoms with Gasteiger partial charge in [-0.3, -0.25) is 9.78 Å². The van der Waals surface area contributed by atoms with Crippen molar-refractivity contribution in [3.63, 3.8) is 0 Å². The first-order valence-electron chi connectivity index (χ1n) is 14.9. The summed E-state index contributed by atoms with van der Waals surface area (Å²) in [4.78, 5) is 33.6. The molecule has 5 aromatic rings. The first-order chi connectivity index (χ1) is 21.6. The summed E-state index contributed by atoms with van der Waals surface area (Å²) in [6, 6.07) is 28.3. The Morgan fingerprint density at radius 3 is 2.32 bits per heavy atom. The Balaban J connectivity index is 1.20. The van der Waals surface area contributed by atoms with Gasteiger partial charge in [0.1, 0.15) is 5.75 Å². The molecule has 3 aromatic carbocycles. The topological polar surface area (TPSA) is 80.8 Å². The van der Waals surface area contributed by atoms with Crippen molar-refractivity contribution in [3.05, 3.63) is 124 Å². The summed E-state index contributed by atoms with van der Waals surface area (Å²) in [6.45, 7) is 2.16. The Morgan fingerprint density at radius 2 is 1.61 bits per heavy atom. The van der Waals surface area contributed by atoms with Crippen molar-refractivity contribution in [1.29, 1.82) is 0 Å². The van der Waals surface area contributed by atoms with Crippen molar-refractivity contribution < 1.29 is 19.1 Å². The number of methoxy groups -OCH3 is 1. The molecule has 1 saturated heterocycles. The number of carbonyl (C=O) groups excluding carboxylic acids is 2. The number of ether oxygens (including phenoxy) is 2. The quantitative estimate of drug-likeness (QED) is 0.168. The first-order valence-corrected chi connectivity index (χ1v) is 15.8. The molecule has 1 N–H and O–H groups in total. The Kier molecular flexibility index (Phi) is 9.17. The molecule has 224 valence electrons. The van der Waals surface area contributed by atoms with E-state index < -0.39 is 5.97 Å². The third-order valence-electron chi connectivity index (χ3n) is 8.18. The monoisotopic (exact) mass is 605 g/mol. The number of hydrogen-bond donors (Lipinski definition) is 1. The molecule has 2 aromatic heterocycles. The van der Waals surface area contributed by atoms with Crippen molar-refractivity contribution in [1.82, 2.24) is 9.88 Å². The van der Waals surface area contributed by atoms with Crippen molar-refractivity contribution >= 4 is 39.1 Å². The van der Waals surface area contributed by atoms with Crippen LogP contribution < -0.4 is 10.1 Å². The van der Waals surface area contributed by atoms with E-state index >= 15 is 0 Å². The van der Waals surface area contributed by atoms with Gasteiger partial charge in [0.05, 0.1) is 40.7 Å². The number of hydrogen-bond acceptors (Lipinski definition) is 7. The molecule has 0 radical (unpaired) electrons. The highest BCUT2D eigenvalue weighted by Gasteiger charge is 2.28. The maximum Gasteiger partial charge on any atom is 0.341 e. The number of carbonyl (C=O) groups is 2.